The second-order valence-corrected chi connectivity index (χ2v) is 5.28. The van der Waals surface area contributed by atoms with Crippen molar-refractivity contribution >= 4 is 11.6 Å². The van der Waals surface area contributed by atoms with Crippen LogP contribution >= 0.6 is 11.6 Å². The molecule has 0 spiro atoms. The Morgan fingerprint density at radius 1 is 1.00 bits per heavy atom. The minimum atomic E-state index is 0.637. The van der Waals surface area contributed by atoms with Crippen LogP contribution in [0, 0.1) is 11.8 Å². The molecule has 0 aliphatic heterocycles. The third-order valence-corrected chi connectivity index (χ3v) is 4.48. The molecule has 0 N–H and O–H groups in total. The molecule has 0 amide bonds. The Morgan fingerprint density at radius 3 is 2.13 bits per heavy atom. The van der Waals surface area contributed by atoms with Gasteiger partial charge >= 0.3 is 0 Å². The van der Waals surface area contributed by atoms with Crippen molar-refractivity contribution in [1.82, 2.24) is 0 Å². The van der Waals surface area contributed by atoms with Gasteiger partial charge in [0.2, 0.25) is 0 Å². The zero-order valence-corrected chi connectivity index (χ0v) is 9.71. The monoisotopic (exact) mass is 220 g/mol. The van der Waals surface area contributed by atoms with Gasteiger partial charge in [0, 0.05) is 5.88 Å². The Kier molecular flexibility index (Phi) is 2.48. The Bertz CT molecular complexity index is 329. The number of hydrogen-bond donors (Lipinski definition) is 0. The Balaban J connectivity index is 1.77. The first-order valence-electron chi connectivity index (χ1n) is 6.05. The maximum absolute atomic E-state index is 5.80. The lowest BCUT2D eigenvalue weighted by Gasteiger charge is -2.04. The first kappa shape index (κ1) is 9.72. The van der Waals surface area contributed by atoms with E-state index in [1.54, 1.807) is 5.56 Å². The highest BCUT2D eigenvalue weighted by Crippen LogP contribution is 2.61. The van der Waals surface area contributed by atoms with Gasteiger partial charge in [0.15, 0.2) is 0 Å². The first-order chi connectivity index (χ1) is 7.40. The van der Waals surface area contributed by atoms with E-state index in [-0.39, 0.29) is 0 Å². The van der Waals surface area contributed by atoms with Crippen LogP contribution < -0.4 is 0 Å². The Hall–Kier alpha value is -0.490. The summed E-state index contributed by atoms with van der Waals surface area (Å²) in [5, 5.41) is 0. The average Bonchev–Trinajstić information content (AvgIpc) is 3.03. The lowest BCUT2D eigenvalue weighted by molar-refractivity contribution is 0.480. The maximum Gasteiger partial charge on any atom is 0.0474 e. The molecule has 1 aromatic carbocycles. The summed E-state index contributed by atoms with van der Waals surface area (Å²) in [6.45, 7) is 0. The predicted octanol–water partition coefficient (Wildman–Crippen LogP) is 4.33. The maximum atomic E-state index is 5.80. The first-order valence-corrected chi connectivity index (χ1v) is 6.58. The third-order valence-electron chi connectivity index (χ3n) is 4.18. The van der Waals surface area contributed by atoms with Gasteiger partial charge in [0.05, 0.1) is 0 Å². The number of benzene rings is 1. The molecular formula is C14H17Cl. The number of fused-ring (bicyclic) bond motifs is 1. The van der Waals surface area contributed by atoms with Crippen LogP contribution in [0.3, 0.4) is 0 Å². The molecule has 2 fully saturated rings. The number of rotatable bonds is 2. The van der Waals surface area contributed by atoms with Crippen molar-refractivity contribution in [2.45, 2.75) is 37.5 Å². The molecule has 2 saturated carbocycles. The molecule has 0 nitrogen and oxygen atoms in total. The van der Waals surface area contributed by atoms with Gasteiger partial charge in [-0.2, -0.15) is 0 Å². The van der Waals surface area contributed by atoms with Crippen LogP contribution in [-0.2, 0) is 5.88 Å². The van der Waals surface area contributed by atoms with E-state index in [4.69, 9.17) is 11.6 Å². The molecular weight excluding hydrogens is 204 g/mol. The number of hydrogen-bond acceptors (Lipinski definition) is 0. The molecule has 2 aliphatic rings. The van der Waals surface area contributed by atoms with Gasteiger partial charge in [0.1, 0.15) is 0 Å². The molecule has 0 aromatic heterocycles. The fraction of sp³-hybridized carbons (Fsp3) is 0.571. The highest BCUT2D eigenvalue weighted by Gasteiger charge is 2.50. The van der Waals surface area contributed by atoms with E-state index < -0.39 is 0 Å². The van der Waals surface area contributed by atoms with Crippen molar-refractivity contribution in [2.24, 2.45) is 11.8 Å². The summed E-state index contributed by atoms with van der Waals surface area (Å²) < 4.78 is 0. The van der Waals surface area contributed by atoms with Crippen LogP contribution in [0.2, 0.25) is 0 Å². The summed E-state index contributed by atoms with van der Waals surface area (Å²) in [6.07, 6.45) is 5.84. The van der Waals surface area contributed by atoms with E-state index in [1.807, 2.05) is 0 Å². The number of alkyl halides is 1. The van der Waals surface area contributed by atoms with Crippen molar-refractivity contribution in [1.29, 1.82) is 0 Å². The lowest BCUT2D eigenvalue weighted by atomic mass is 10.0. The van der Waals surface area contributed by atoms with Gasteiger partial charge in [-0.25, -0.2) is 0 Å². The Morgan fingerprint density at radius 2 is 1.60 bits per heavy atom. The van der Waals surface area contributed by atoms with Gasteiger partial charge in [-0.05, 0) is 41.7 Å². The van der Waals surface area contributed by atoms with Gasteiger partial charge in [-0.15, -0.1) is 11.6 Å². The standard InChI is InChI=1S/C14H17Cl/c15-9-10-5-7-11(8-6-10)14-12-3-1-2-4-13(12)14/h5-8,12-14H,1-4,9H2. The molecule has 0 radical (unpaired) electrons. The van der Waals surface area contributed by atoms with Gasteiger partial charge in [-0.3, -0.25) is 0 Å². The normalized spacial score (nSPS) is 33.5. The Labute approximate surface area is 96.6 Å². The summed E-state index contributed by atoms with van der Waals surface area (Å²) in [4.78, 5) is 0. The quantitative estimate of drug-likeness (QED) is 0.651. The van der Waals surface area contributed by atoms with Gasteiger partial charge in [-0.1, -0.05) is 37.1 Å². The SMILES string of the molecule is ClCc1ccc(C2C3CCCCC32)cc1. The summed E-state index contributed by atoms with van der Waals surface area (Å²) in [6, 6.07) is 8.96. The van der Waals surface area contributed by atoms with Crippen molar-refractivity contribution in [3.8, 4) is 0 Å². The van der Waals surface area contributed by atoms with Gasteiger partial charge in [0.25, 0.3) is 0 Å². The molecule has 2 aliphatic carbocycles. The van der Waals surface area contributed by atoms with Crippen molar-refractivity contribution in [3.63, 3.8) is 0 Å². The topological polar surface area (TPSA) is 0 Å². The fourth-order valence-corrected chi connectivity index (χ4v) is 3.49. The second-order valence-electron chi connectivity index (χ2n) is 5.01. The van der Waals surface area contributed by atoms with Crippen LogP contribution in [0.25, 0.3) is 0 Å². The van der Waals surface area contributed by atoms with Gasteiger partial charge < -0.3 is 0 Å². The predicted molar refractivity (Wildman–Crippen MR) is 64.2 cm³/mol. The zero-order valence-electron chi connectivity index (χ0n) is 8.95. The van der Waals surface area contributed by atoms with Crippen molar-refractivity contribution in [3.05, 3.63) is 35.4 Å². The largest absolute Gasteiger partial charge is 0.122 e. The lowest BCUT2D eigenvalue weighted by Crippen LogP contribution is -1.91. The molecule has 1 heteroatoms. The molecule has 2 unspecified atom stereocenters. The van der Waals surface area contributed by atoms with Crippen LogP contribution in [0.1, 0.15) is 42.7 Å². The van der Waals surface area contributed by atoms with E-state index >= 15 is 0 Å². The minimum absolute atomic E-state index is 0.637. The highest BCUT2D eigenvalue weighted by molar-refractivity contribution is 6.17. The van der Waals surface area contributed by atoms with E-state index in [1.165, 1.54) is 31.2 Å². The summed E-state index contributed by atoms with van der Waals surface area (Å²) >= 11 is 5.80. The average molecular weight is 221 g/mol. The zero-order chi connectivity index (χ0) is 10.3. The second kappa shape index (κ2) is 3.83. The number of halogens is 1. The summed E-state index contributed by atoms with van der Waals surface area (Å²) in [5.41, 5.74) is 2.80. The van der Waals surface area contributed by atoms with E-state index in [2.05, 4.69) is 24.3 Å². The molecule has 3 rings (SSSR count). The van der Waals surface area contributed by atoms with Crippen LogP contribution in [-0.4, -0.2) is 0 Å². The van der Waals surface area contributed by atoms with Crippen molar-refractivity contribution in [2.75, 3.05) is 0 Å². The van der Waals surface area contributed by atoms with Crippen molar-refractivity contribution < 1.29 is 0 Å². The molecule has 0 saturated heterocycles. The van der Waals surface area contributed by atoms with E-state index in [9.17, 15) is 0 Å². The van der Waals surface area contributed by atoms with E-state index in [0.29, 0.717) is 5.88 Å². The van der Waals surface area contributed by atoms with E-state index in [0.717, 1.165) is 17.8 Å². The van der Waals surface area contributed by atoms with Crippen LogP contribution in [0.15, 0.2) is 24.3 Å². The molecule has 0 heterocycles. The minimum Gasteiger partial charge on any atom is -0.122 e. The smallest absolute Gasteiger partial charge is 0.0474 e. The molecule has 1 aromatic rings. The molecule has 80 valence electrons. The third kappa shape index (κ3) is 1.69. The molecule has 0 bridgehead atoms. The summed E-state index contributed by atoms with van der Waals surface area (Å²) in [5.74, 6) is 3.55. The molecule has 2 atom stereocenters. The fourth-order valence-electron chi connectivity index (χ4n) is 3.32. The molecule has 15 heavy (non-hydrogen) atoms. The van der Waals surface area contributed by atoms with Crippen LogP contribution in [0.5, 0.6) is 0 Å². The summed E-state index contributed by atoms with van der Waals surface area (Å²) in [7, 11) is 0. The van der Waals surface area contributed by atoms with Crippen LogP contribution in [0.4, 0.5) is 0 Å². The highest BCUT2D eigenvalue weighted by atomic mass is 35.5.